The highest BCUT2D eigenvalue weighted by molar-refractivity contribution is 7.14. The molecule has 0 unspecified atom stereocenters. The van der Waals surface area contributed by atoms with Crippen LogP contribution in [0.1, 0.15) is 35.3 Å². The summed E-state index contributed by atoms with van der Waals surface area (Å²) in [5.41, 5.74) is 0.275. The highest BCUT2D eigenvalue weighted by Gasteiger charge is 2.19. The van der Waals surface area contributed by atoms with Gasteiger partial charge >= 0.3 is 5.97 Å². The van der Waals surface area contributed by atoms with Gasteiger partial charge < -0.3 is 5.11 Å². The van der Waals surface area contributed by atoms with Crippen molar-refractivity contribution in [3.63, 3.8) is 0 Å². The maximum Gasteiger partial charge on any atom is 0.335 e. The number of carboxylic acid groups (broad SMARTS) is 1. The number of ketones is 2. The van der Waals surface area contributed by atoms with E-state index in [9.17, 15) is 14.4 Å². The average Bonchev–Trinajstić information content (AvgIpc) is 2.84. The van der Waals surface area contributed by atoms with Crippen LogP contribution in [0.4, 0.5) is 0 Å². The molecule has 0 atom stereocenters. The Bertz CT molecular complexity index is 652. The zero-order valence-corrected chi connectivity index (χ0v) is 10.9. The van der Waals surface area contributed by atoms with E-state index in [2.05, 4.69) is 0 Å². The molecule has 0 aliphatic rings. The molecule has 1 heterocycles. The molecule has 2 aromatic rings. The molecule has 5 heteroatoms. The fourth-order valence-electron chi connectivity index (χ4n) is 1.56. The van der Waals surface area contributed by atoms with Crippen LogP contribution in [-0.2, 0) is 0 Å². The predicted molar refractivity (Wildman–Crippen MR) is 71.1 cm³/mol. The quantitative estimate of drug-likeness (QED) is 0.687. The first-order valence-electron chi connectivity index (χ1n) is 5.48. The SMILES string of the molecule is Cc1ccc(C(=O)C(=O)c2ccc(C(=O)O)cc2)s1. The van der Waals surface area contributed by atoms with Gasteiger partial charge in [-0.15, -0.1) is 11.3 Å². The zero-order chi connectivity index (χ0) is 14.0. The minimum Gasteiger partial charge on any atom is -0.478 e. The van der Waals surface area contributed by atoms with E-state index in [0.717, 1.165) is 4.88 Å². The number of carboxylic acids is 1. The standard InChI is InChI=1S/C14H10O4S/c1-8-2-7-11(19-8)13(16)12(15)9-3-5-10(6-4-9)14(17)18/h2-7H,1H3,(H,17,18). The summed E-state index contributed by atoms with van der Waals surface area (Å²) in [5.74, 6) is -2.26. The van der Waals surface area contributed by atoms with Crippen LogP contribution in [0.25, 0.3) is 0 Å². The molecule has 0 aliphatic heterocycles. The Labute approximate surface area is 113 Å². The van der Waals surface area contributed by atoms with Crippen LogP contribution in [0.3, 0.4) is 0 Å². The van der Waals surface area contributed by atoms with Crippen LogP contribution in [0.15, 0.2) is 36.4 Å². The summed E-state index contributed by atoms with van der Waals surface area (Å²) in [6.45, 7) is 1.85. The van der Waals surface area contributed by atoms with Gasteiger partial charge in [0.25, 0.3) is 0 Å². The van der Waals surface area contributed by atoms with Crippen molar-refractivity contribution in [2.75, 3.05) is 0 Å². The molecule has 1 aromatic carbocycles. The van der Waals surface area contributed by atoms with Crippen molar-refractivity contribution in [1.82, 2.24) is 0 Å². The lowest BCUT2D eigenvalue weighted by Crippen LogP contribution is -2.13. The summed E-state index contributed by atoms with van der Waals surface area (Å²) in [7, 11) is 0. The molecule has 1 aromatic heterocycles. The molecule has 0 spiro atoms. The van der Waals surface area contributed by atoms with Crippen LogP contribution >= 0.6 is 11.3 Å². The molecule has 0 radical (unpaired) electrons. The Hall–Kier alpha value is -2.27. The van der Waals surface area contributed by atoms with Crippen molar-refractivity contribution in [2.45, 2.75) is 6.92 Å². The normalized spacial score (nSPS) is 10.2. The first kappa shape index (κ1) is 13.2. The van der Waals surface area contributed by atoms with Gasteiger partial charge in [-0.05, 0) is 31.2 Å². The summed E-state index contributed by atoms with van der Waals surface area (Å²) in [5, 5.41) is 8.75. The third-order valence-electron chi connectivity index (χ3n) is 2.56. The van der Waals surface area contributed by atoms with Gasteiger partial charge in [-0.25, -0.2) is 4.79 Å². The molecule has 0 fully saturated rings. The molecule has 0 amide bonds. The molecule has 96 valence electrons. The first-order valence-corrected chi connectivity index (χ1v) is 6.29. The largest absolute Gasteiger partial charge is 0.478 e. The van der Waals surface area contributed by atoms with E-state index in [1.807, 2.05) is 6.92 Å². The molecule has 2 rings (SSSR count). The molecule has 0 saturated carbocycles. The molecule has 4 nitrogen and oxygen atoms in total. The van der Waals surface area contributed by atoms with E-state index in [1.54, 1.807) is 12.1 Å². The fraction of sp³-hybridized carbons (Fsp3) is 0.0714. The number of hydrogen-bond donors (Lipinski definition) is 1. The van der Waals surface area contributed by atoms with E-state index in [4.69, 9.17) is 5.11 Å². The van der Waals surface area contributed by atoms with Crippen LogP contribution < -0.4 is 0 Å². The van der Waals surface area contributed by atoms with Crippen LogP contribution in [0.2, 0.25) is 0 Å². The molecule has 0 bridgehead atoms. The van der Waals surface area contributed by atoms with Crippen molar-refractivity contribution in [1.29, 1.82) is 0 Å². The summed E-state index contributed by atoms with van der Waals surface area (Å²) in [4.78, 5) is 35.9. The number of rotatable bonds is 4. The second-order valence-electron chi connectivity index (χ2n) is 3.95. The van der Waals surface area contributed by atoms with Crippen molar-refractivity contribution >= 4 is 28.9 Å². The Kier molecular flexibility index (Phi) is 3.57. The van der Waals surface area contributed by atoms with Crippen molar-refractivity contribution in [3.8, 4) is 0 Å². The smallest absolute Gasteiger partial charge is 0.335 e. The van der Waals surface area contributed by atoms with Crippen molar-refractivity contribution in [3.05, 3.63) is 57.3 Å². The summed E-state index contributed by atoms with van der Waals surface area (Å²) in [6.07, 6.45) is 0. The number of carbonyl (C=O) groups is 3. The minimum atomic E-state index is -1.07. The topological polar surface area (TPSA) is 71.4 Å². The Morgan fingerprint density at radius 2 is 1.47 bits per heavy atom. The highest BCUT2D eigenvalue weighted by Crippen LogP contribution is 2.18. The van der Waals surface area contributed by atoms with Gasteiger partial charge in [-0.2, -0.15) is 0 Å². The van der Waals surface area contributed by atoms with E-state index >= 15 is 0 Å². The average molecular weight is 274 g/mol. The van der Waals surface area contributed by atoms with Crippen molar-refractivity contribution < 1.29 is 19.5 Å². The Balaban J connectivity index is 2.24. The number of aryl methyl sites for hydroxylation is 1. The molecule has 19 heavy (non-hydrogen) atoms. The van der Waals surface area contributed by atoms with E-state index in [1.165, 1.54) is 35.6 Å². The van der Waals surface area contributed by atoms with Gasteiger partial charge in [0, 0.05) is 10.4 Å². The fourth-order valence-corrected chi connectivity index (χ4v) is 2.37. The van der Waals surface area contributed by atoms with Gasteiger partial charge in [-0.1, -0.05) is 12.1 Å². The zero-order valence-electron chi connectivity index (χ0n) is 10.0. The third kappa shape index (κ3) is 2.77. The van der Waals surface area contributed by atoms with Gasteiger partial charge in [0.2, 0.25) is 11.6 Å². The van der Waals surface area contributed by atoms with E-state index in [0.29, 0.717) is 4.88 Å². The van der Waals surface area contributed by atoms with Gasteiger partial charge in [0.05, 0.1) is 10.4 Å². The highest BCUT2D eigenvalue weighted by atomic mass is 32.1. The predicted octanol–water partition coefficient (Wildman–Crippen LogP) is 2.82. The van der Waals surface area contributed by atoms with Crippen LogP contribution in [0, 0.1) is 6.92 Å². The van der Waals surface area contributed by atoms with Gasteiger partial charge in [0.15, 0.2) is 0 Å². The van der Waals surface area contributed by atoms with Gasteiger partial charge in [-0.3, -0.25) is 9.59 Å². The van der Waals surface area contributed by atoms with E-state index in [-0.39, 0.29) is 11.1 Å². The Morgan fingerprint density at radius 3 is 1.95 bits per heavy atom. The number of benzene rings is 1. The lowest BCUT2D eigenvalue weighted by Gasteiger charge is -1.99. The molecular formula is C14H10O4S. The molecule has 0 aliphatic carbocycles. The molecule has 1 N–H and O–H groups in total. The minimum absolute atomic E-state index is 0.0796. The summed E-state index contributed by atoms with van der Waals surface area (Å²) in [6, 6.07) is 8.71. The number of thiophene rings is 1. The first-order chi connectivity index (χ1) is 8.99. The van der Waals surface area contributed by atoms with Crippen molar-refractivity contribution in [2.24, 2.45) is 0 Å². The molecular weight excluding hydrogens is 264 g/mol. The maximum atomic E-state index is 11.9. The third-order valence-corrected chi connectivity index (χ3v) is 3.56. The number of hydrogen-bond acceptors (Lipinski definition) is 4. The lowest BCUT2D eigenvalue weighted by atomic mass is 10.0. The van der Waals surface area contributed by atoms with Gasteiger partial charge in [0.1, 0.15) is 0 Å². The van der Waals surface area contributed by atoms with Crippen LogP contribution in [0.5, 0.6) is 0 Å². The Morgan fingerprint density at radius 1 is 0.895 bits per heavy atom. The monoisotopic (exact) mass is 274 g/mol. The summed E-state index contributed by atoms with van der Waals surface area (Å²) >= 11 is 1.26. The molecule has 0 saturated heterocycles. The number of carbonyl (C=O) groups excluding carboxylic acids is 2. The number of aromatic carboxylic acids is 1. The van der Waals surface area contributed by atoms with Crippen LogP contribution in [-0.4, -0.2) is 22.6 Å². The second-order valence-corrected chi connectivity index (χ2v) is 5.24. The van der Waals surface area contributed by atoms with E-state index < -0.39 is 17.5 Å². The second kappa shape index (κ2) is 5.16. The summed E-state index contributed by atoms with van der Waals surface area (Å²) < 4.78 is 0. The maximum absolute atomic E-state index is 11.9. The lowest BCUT2D eigenvalue weighted by molar-refractivity contribution is 0.0696. The number of Topliss-reactive ketones (excluding diaryl/α,β-unsaturated/α-hetero) is 2.